The molecule has 2 heterocycles. The molecule has 1 N–H and O–H groups in total. The predicted octanol–water partition coefficient (Wildman–Crippen LogP) is 1.94. The summed E-state index contributed by atoms with van der Waals surface area (Å²) in [6, 6.07) is 4.13. The lowest BCUT2D eigenvalue weighted by Gasteiger charge is -2.39. The van der Waals surface area contributed by atoms with Gasteiger partial charge in [0.1, 0.15) is 0 Å². The smallest absolute Gasteiger partial charge is 0.356 e. The molecule has 1 saturated heterocycles. The van der Waals surface area contributed by atoms with Crippen LogP contribution in [0.4, 0.5) is 5.82 Å². The van der Waals surface area contributed by atoms with E-state index in [1.54, 1.807) is 6.07 Å². The molecule has 5 heteroatoms. The molecule has 2 atom stereocenters. The lowest BCUT2D eigenvalue weighted by atomic mass is 9.97. The van der Waals surface area contributed by atoms with Gasteiger partial charge in [-0.3, -0.25) is 0 Å². The Kier molecular flexibility index (Phi) is 3.26. The summed E-state index contributed by atoms with van der Waals surface area (Å²) in [5.41, 5.74) is -0.00827. The fourth-order valence-corrected chi connectivity index (χ4v) is 2.45. The number of rotatable bonds is 2. The summed E-state index contributed by atoms with van der Waals surface area (Å²) in [5, 5.41) is 16.5. The van der Waals surface area contributed by atoms with Gasteiger partial charge in [-0.2, -0.15) is 0 Å². The Morgan fingerprint density at radius 3 is 2.41 bits per heavy atom. The average Bonchev–Trinajstić information content (AvgIpc) is 2.29. The molecule has 1 aromatic heterocycles. The molecule has 0 amide bonds. The van der Waals surface area contributed by atoms with Gasteiger partial charge in [0.05, 0.1) is 0 Å². The molecule has 2 unspecified atom stereocenters. The highest BCUT2D eigenvalue weighted by molar-refractivity contribution is 5.85. The van der Waals surface area contributed by atoms with Crippen molar-refractivity contribution in [2.75, 3.05) is 4.90 Å². The highest BCUT2D eigenvalue weighted by Crippen LogP contribution is 2.27. The monoisotopic (exact) mass is 235 g/mol. The zero-order valence-corrected chi connectivity index (χ0v) is 10.1. The van der Waals surface area contributed by atoms with Crippen molar-refractivity contribution >= 4 is 11.8 Å². The highest BCUT2D eigenvalue weighted by atomic mass is 16.4. The fraction of sp³-hybridized carbons (Fsp3) is 0.583. The maximum absolute atomic E-state index is 10.7. The van der Waals surface area contributed by atoms with Gasteiger partial charge >= 0.3 is 5.97 Å². The van der Waals surface area contributed by atoms with Gasteiger partial charge in [-0.15, -0.1) is 10.2 Å². The van der Waals surface area contributed by atoms with Crippen molar-refractivity contribution in [3.8, 4) is 0 Å². The number of anilines is 1. The number of carbonyl (C=O) groups is 1. The number of hydrogen-bond acceptors (Lipinski definition) is 4. The van der Waals surface area contributed by atoms with Crippen LogP contribution in [-0.2, 0) is 0 Å². The van der Waals surface area contributed by atoms with Crippen LogP contribution in [0.5, 0.6) is 0 Å². The van der Waals surface area contributed by atoms with Gasteiger partial charge in [0.2, 0.25) is 0 Å². The lowest BCUT2D eigenvalue weighted by Crippen LogP contribution is -2.44. The van der Waals surface area contributed by atoms with Crippen LogP contribution in [0, 0.1) is 0 Å². The Balaban J connectivity index is 2.23. The number of carboxylic acid groups (broad SMARTS) is 1. The average molecular weight is 235 g/mol. The molecular weight excluding hydrogens is 218 g/mol. The lowest BCUT2D eigenvalue weighted by molar-refractivity contribution is 0.0689. The summed E-state index contributed by atoms with van der Waals surface area (Å²) < 4.78 is 0. The first-order valence-electron chi connectivity index (χ1n) is 5.95. The standard InChI is InChI=1S/C12H17N3O2/c1-8-4-3-5-9(2)15(8)11-7-6-10(12(16)17)13-14-11/h6-9H,3-5H2,1-2H3,(H,16,17). The van der Waals surface area contributed by atoms with Crippen LogP contribution in [-0.4, -0.2) is 33.4 Å². The Morgan fingerprint density at radius 2 is 1.94 bits per heavy atom. The Morgan fingerprint density at radius 1 is 1.29 bits per heavy atom. The molecule has 2 rings (SSSR count). The summed E-state index contributed by atoms with van der Waals surface area (Å²) in [7, 11) is 0. The Hall–Kier alpha value is -1.65. The fourth-order valence-electron chi connectivity index (χ4n) is 2.45. The summed E-state index contributed by atoms with van der Waals surface area (Å²) in [6.07, 6.45) is 3.53. The SMILES string of the molecule is CC1CCCC(C)N1c1ccc(C(=O)O)nn1. The van der Waals surface area contributed by atoms with Gasteiger partial charge in [0, 0.05) is 12.1 Å². The van der Waals surface area contributed by atoms with Crippen molar-refractivity contribution in [2.24, 2.45) is 0 Å². The number of aromatic carboxylic acids is 1. The minimum Gasteiger partial charge on any atom is -0.476 e. The first kappa shape index (κ1) is 11.8. The molecule has 0 bridgehead atoms. The predicted molar refractivity (Wildman–Crippen MR) is 64.2 cm³/mol. The van der Waals surface area contributed by atoms with E-state index in [2.05, 4.69) is 28.9 Å². The molecule has 92 valence electrons. The Bertz CT molecular complexity index is 395. The first-order valence-corrected chi connectivity index (χ1v) is 5.95. The molecule has 0 spiro atoms. The molecule has 0 saturated carbocycles. The van der Waals surface area contributed by atoms with E-state index in [0.717, 1.165) is 18.7 Å². The van der Waals surface area contributed by atoms with Crippen LogP contribution >= 0.6 is 0 Å². The van der Waals surface area contributed by atoms with Gasteiger partial charge in [-0.05, 0) is 45.2 Å². The third-order valence-electron chi connectivity index (χ3n) is 3.33. The molecule has 1 aliphatic rings. The second-order valence-corrected chi connectivity index (χ2v) is 4.62. The van der Waals surface area contributed by atoms with Crippen molar-refractivity contribution in [3.63, 3.8) is 0 Å². The molecule has 1 aromatic rings. The molecule has 0 radical (unpaired) electrons. The van der Waals surface area contributed by atoms with E-state index >= 15 is 0 Å². The van der Waals surface area contributed by atoms with Crippen LogP contribution in [0.2, 0.25) is 0 Å². The Labute approximate surface area is 100 Å². The van der Waals surface area contributed by atoms with E-state index in [0.29, 0.717) is 12.1 Å². The van der Waals surface area contributed by atoms with Crippen LogP contribution in [0.3, 0.4) is 0 Å². The second-order valence-electron chi connectivity index (χ2n) is 4.62. The van der Waals surface area contributed by atoms with E-state index in [9.17, 15) is 4.79 Å². The van der Waals surface area contributed by atoms with E-state index in [4.69, 9.17) is 5.11 Å². The maximum Gasteiger partial charge on any atom is 0.356 e. The van der Waals surface area contributed by atoms with Crippen molar-refractivity contribution in [2.45, 2.75) is 45.2 Å². The molecule has 5 nitrogen and oxygen atoms in total. The number of piperidine rings is 1. The summed E-state index contributed by atoms with van der Waals surface area (Å²) in [5.74, 6) is -0.265. The zero-order valence-electron chi connectivity index (χ0n) is 10.1. The van der Waals surface area contributed by atoms with E-state index in [1.807, 2.05) is 0 Å². The molecule has 0 aliphatic carbocycles. The summed E-state index contributed by atoms with van der Waals surface area (Å²) in [6.45, 7) is 4.34. The highest BCUT2D eigenvalue weighted by Gasteiger charge is 2.26. The van der Waals surface area contributed by atoms with Crippen molar-refractivity contribution in [1.29, 1.82) is 0 Å². The number of aromatic nitrogens is 2. The second kappa shape index (κ2) is 4.69. The van der Waals surface area contributed by atoms with Gasteiger partial charge < -0.3 is 10.0 Å². The van der Waals surface area contributed by atoms with Crippen LogP contribution in [0.1, 0.15) is 43.6 Å². The van der Waals surface area contributed by atoms with Crippen LogP contribution < -0.4 is 4.90 Å². The van der Waals surface area contributed by atoms with Crippen molar-refractivity contribution in [3.05, 3.63) is 17.8 Å². The minimum absolute atomic E-state index is 0.00827. The van der Waals surface area contributed by atoms with E-state index in [-0.39, 0.29) is 5.69 Å². The molecule has 0 aromatic carbocycles. The number of hydrogen-bond donors (Lipinski definition) is 1. The van der Waals surface area contributed by atoms with Gasteiger partial charge in [-0.25, -0.2) is 4.79 Å². The maximum atomic E-state index is 10.7. The number of carboxylic acids is 1. The number of nitrogens with zero attached hydrogens (tertiary/aromatic N) is 3. The summed E-state index contributed by atoms with van der Waals surface area (Å²) in [4.78, 5) is 12.9. The van der Waals surface area contributed by atoms with Crippen molar-refractivity contribution < 1.29 is 9.90 Å². The molecule has 1 fully saturated rings. The first-order chi connectivity index (χ1) is 8.09. The minimum atomic E-state index is -1.04. The normalized spacial score (nSPS) is 24.7. The van der Waals surface area contributed by atoms with Gasteiger partial charge in [0.25, 0.3) is 0 Å². The topological polar surface area (TPSA) is 66.3 Å². The third-order valence-corrected chi connectivity index (χ3v) is 3.33. The van der Waals surface area contributed by atoms with Crippen LogP contribution in [0.25, 0.3) is 0 Å². The van der Waals surface area contributed by atoms with E-state index in [1.165, 1.54) is 12.5 Å². The van der Waals surface area contributed by atoms with Gasteiger partial charge in [-0.1, -0.05) is 0 Å². The van der Waals surface area contributed by atoms with Gasteiger partial charge in [0.15, 0.2) is 11.5 Å². The third kappa shape index (κ3) is 2.38. The molecule has 1 aliphatic heterocycles. The summed E-state index contributed by atoms with van der Waals surface area (Å²) >= 11 is 0. The molecule has 17 heavy (non-hydrogen) atoms. The van der Waals surface area contributed by atoms with Crippen molar-refractivity contribution in [1.82, 2.24) is 10.2 Å². The largest absolute Gasteiger partial charge is 0.476 e. The quantitative estimate of drug-likeness (QED) is 0.848. The van der Waals surface area contributed by atoms with E-state index < -0.39 is 5.97 Å². The zero-order chi connectivity index (χ0) is 12.4. The molecular formula is C12H17N3O2. The van der Waals surface area contributed by atoms with Crippen LogP contribution in [0.15, 0.2) is 12.1 Å².